The molecule has 0 saturated carbocycles. The van der Waals surface area contributed by atoms with Crippen molar-refractivity contribution in [3.05, 3.63) is 64.4 Å². The second-order valence-corrected chi connectivity index (χ2v) is 10.7. The summed E-state index contributed by atoms with van der Waals surface area (Å²) in [6, 6.07) is 11.1. The van der Waals surface area contributed by atoms with Crippen LogP contribution < -0.4 is 0 Å². The van der Waals surface area contributed by atoms with Crippen molar-refractivity contribution in [3.63, 3.8) is 0 Å². The molecule has 0 amide bonds. The fraction of sp³-hybridized carbons (Fsp3) is 0.105. The molecule has 0 saturated heterocycles. The minimum absolute atomic E-state index is 0.0133. The summed E-state index contributed by atoms with van der Waals surface area (Å²) in [5.41, 5.74) is 1.78. The molecule has 0 atom stereocenters. The van der Waals surface area contributed by atoms with Crippen LogP contribution in [0.2, 0.25) is 0 Å². The minimum Gasteiger partial charge on any atom is -0.237 e. The van der Waals surface area contributed by atoms with E-state index in [-0.39, 0.29) is 14.3 Å². The molecule has 0 aliphatic carbocycles. The van der Waals surface area contributed by atoms with Gasteiger partial charge in [-0.05, 0) is 77.0 Å². The summed E-state index contributed by atoms with van der Waals surface area (Å²) in [6.07, 6.45) is 5.60. The molecule has 2 aromatic heterocycles. The fourth-order valence-electron chi connectivity index (χ4n) is 2.45. The van der Waals surface area contributed by atoms with Gasteiger partial charge in [-0.15, -0.1) is 0 Å². The van der Waals surface area contributed by atoms with Crippen molar-refractivity contribution in [3.8, 4) is 0 Å². The van der Waals surface area contributed by atoms with E-state index in [4.69, 9.17) is 0 Å². The van der Waals surface area contributed by atoms with Gasteiger partial charge in [-0.2, -0.15) is 12.8 Å². The second-order valence-electron chi connectivity index (χ2n) is 6.25. The maximum atomic E-state index is 12.5. The standard InChI is InChI=1S/C19H16BrN3O4S2/c1-13(10-15-6-5-14-4-3-9-21-19(14)23-15)12-22-29(26,27)18-8-7-16(11-17(18)20)28(2,24)25/h3-12H,1-2H3. The number of sulfone groups is 1. The molecule has 0 aliphatic rings. The Kier molecular flexibility index (Phi) is 5.97. The van der Waals surface area contributed by atoms with Crippen LogP contribution in [0, 0.1) is 0 Å². The molecule has 3 aromatic rings. The molecule has 10 heteroatoms. The first kappa shape index (κ1) is 21.3. The van der Waals surface area contributed by atoms with Gasteiger partial charge in [-0.1, -0.05) is 0 Å². The zero-order valence-electron chi connectivity index (χ0n) is 15.4. The van der Waals surface area contributed by atoms with Crippen molar-refractivity contribution in [1.29, 1.82) is 0 Å². The molecule has 3 rings (SSSR count). The fourth-order valence-corrected chi connectivity index (χ4v) is 5.20. The van der Waals surface area contributed by atoms with Gasteiger partial charge >= 0.3 is 0 Å². The highest BCUT2D eigenvalue weighted by molar-refractivity contribution is 9.10. The van der Waals surface area contributed by atoms with Crippen LogP contribution in [0.3, 0.4) is 0 Å². The molecular formula is C19H16BrN3O4S2. The number of nitrogens with zero attached hydrogens (tertiary/aromatic N) is 3. The Morgan fingerprint density at radius 2 is 1.86 bits per heavy atom. The summed E-state index contributed by atoms with van der Waals surface area (Å²) >= 11 is 3.11. The van der Waals surface area contributed by atoms with Crippen molar-refractivity contribution >= 4 is 59.1 Å². The number of halogens is 1. The topological polar surface area (TPSA) is 106 Å². The second kappa shape index (κ2) is 8.13. The van der Waals surface area contributed by atoms with Crippen LogP contribution >= 0.6 is 15.9 Å². The van der Waals surface area contributed by atoms with E-state index >= 15 is 0 Å². The lowest BCUT2D eigenvalue weighted by Crippen LogP contribution is -2.02. The summed E-state index contributed by atoms with van der Waals surface area (Å²) in [7, 11) is -7.47. The van der Waals surface area contributed by atoms with Crippen molar-refractivity contribution < 1.29 is 16.8 Å². The first-order valence-electron chi connectivity index (χ1n) is 8.26. The number of hydrogen-bond donors (Lipinski definition) is 0. The van der Waals surface area contributed by atoms with E-state index in [9.17, 15) is 16.8 Å². The highest BCUT2D eigenvalue weighted by Gasteiger charge is 2.18. The quantitative estimate of drug-likeness (QED) is 0.502. The number of fused-ring (bicyclic) bond motifs is 1. The predicted molar refractivity (Wildman–Crippen MR) is 116 cm³/mol. The number of sulfonamides is 1. The zero-order chi connectivity index (χ0) is 21.2. The van der Waals surface area contributed by atoms with E-state index in [1.807, 2.05) is 18.2 Å². The summed E-state index contributed by atoms with van der Waals surface area (Å²) in [4.78, 5) is 8.48. The number of rotatable bonds is 5. The van der Waals surface area contributed by atoms with Gasteiger partial charge in [0.2, 0.25) is 0 Å². The minimum atomic E-state index is -4.02. The Bertz CT molecular complexity index is 1370. The number of benzene rings is 1. The predicted octanol–water partition coefficient (Wildman–Crippen LogP) is 3.66. The third-order valence-electron chi connectivity index (χ3n) is 3.87. The van der Waals surface area contributed by atoms with E-state index in [2.05, 4.69) is 30.3 Å². The molecule has 150 valence electrons. The Balaban J connectivity index is 1.88. The van der Waals surface area contributed by atoms with Gasteiger partial charge < -0.3 is 0 Å². The summed E-state index contributed by atoms with van der Waals surface area (Å²) in [6.45, 7) is 1.70. The van der Waals surface area contributed by atoms with Crippen LogP contribution in [-0.4, -0.2) is 39.3 Å². The van der Waals surface area contributed by atoms with Crippen LogP contribution in [0.1, 0.15) is 12.6 Å². The van der Waals surface area contributed by atoms with Crippen LogP contribution in [0.15, 0.2) is 72.9 Å². The molecule has 1 aromatic carbocycles. The molecular weight excluding hydrogens is 478 g/mol. The number of allylic oxidation sites excluding steroid dienone is 1. The highest BCUT2D eigenvalue weighted by atomic mass is 79.9. The average Bonchev–Trinajstić information content (AvgIpc) is 2.65. The largest absolute Gasteiger partial charge is 0.283 e. The van der Waals surface area contributed by atoms with Gasteiger partial charge in [0.15, 0.2) is 15.5 Å². The maximum absolute atomic E-state index is 12.5. The van der Waals surface area contributed by atoms with Crippen molar-refractivity contribution in [2.24, 2.45) is 4.40 Å². The maximum Gasteiger partial charge on any atom is 0.283 e. The normalized spacial score (nSPS) is 13.3. The molecule has 0 bridgehead atoms. The van der Waals surface area contributed by atoms with Gasteiger partial charge in [0, 0.05) is 28.5 Å². The lowest BCUT2D eigenvalue weighted by Gasteiger charge is -2.05. The first-order valence-corrected chi connectivity index (χ1v) is 12.4. The van der Waals surface area contributed by atoms with Gasteiger partial charge in [0.05, 0.1) is 10.6 Å². The summed E-state index contributed by atoms with van der Waals surface area (Å²) in [5, 5.41) is 0.904. The van der Waals surface area contributed by atoms with Gasteiger partial charge in [-0.25, -0.2) is 18.4 Å². The summed E-state index contributed by atoms with van der Waals surface area (Å²) in [5.74, 6) is 0. The van der Waals surface area contributed by atoms with Gasteiger partial charge in [0.25, 0.3) is 10.0 Å². The zero-order valence-corrected chi connectivity index (χ0v) is 18.7. The third-order valence-corrected chi connectivity index (χ3v) is 7.19. The molecule has 0 spiro atoms. The Morgan fingerprint density at radius 3 is 2.55 bits per heavy atom. The highest BCUT2D eigenvalue weighted by Crippen LogP contribution is 2.26. The number of hydrogen-bond acceptors (Lipinski definition) is 6. The van der Waals surface area contributed by atoms with Gasteiger partial charge in [-0.3, -0.25) is 0 Å². The lowest BCUT2D eigenvalue weighted by atomic mass is 10.2. The molecule has 29 heavy (non-hydrogen) atoms. The Morgan fingerprint density at radius 1 is 1.10 bits per heavy atom. The third kappa shape index (κ3) is 5.14. The lowest BCUT2D eigenvalue weighted by molar-refractivity contribution is 0.595. The number of pyridine rings is 2. The average molecular weight is 494 g/mol. The number of aromatic nitrogens is 2. The van der Waals surface area contributed by atoms with Crippen molar-refractivity contribution in [2.45, 2.75) is 16.7 Å². The molecule has 0 aliphatic heterocycles. The molecule has 0 radical (unpaired) electrons. The van der Waals surface area contributed by atoms with E-state index in [0.29, 0.717) is 16.9 Å². The van der Waals surface area contributed by atoms with Crippen molar-refractivity contribution in [1.82, 2.24) is 9.97 Å². The van der Waals surface area contributed by atoms with Crippen LogP contribution in [0.5, 0.6) is 0 Å². The van der Waals surface area contributed by atoms with Crippen LogP contribution in [-0.2, 0) is 19.9 Å². The molecule has 0 unspecified atom stereocenters. The SMILES string of the molecule is CC(C=NS(=O)(=O)c1ccc(S(C)(=O)=O)cc1Br)=Cc1ccc2cccnc2n1. The Labute approximate surface area is 177 Å². The van der Waals surface area contributed by atoms with Crippen LogP contribution in [0.4, 0.5) is 0 Å². The molecule has 0 fully saturated rings. The van der Waals surface area contributed by atoms with E-state index in [1.54, 1.807) is 25.3 Å². The summed E-state index contributed by atoms with van der Waals surface area (Å²) < 4.78 is 52.0. The monoisotopic (exact) mass is 493 g/mol. The Hall–Kier alpha value is -2.43. The molecule has 0 N–H and O–H groups in total. The van der Waals surface area contributed by atoms with E-state index in [1.165, 1.54) is 24.4 Å². The van der Waals surface area contributed by atoms with Crippen molar-refractivity contribution in [2.75, 3.05) is 6.26 Å². The van der Waals surface area contributed by atoms with E-state index < -0.39 is 19.9 Å². The van der Waals surface area contributed by atoms with Crippen LogP contribution in [0.25, 0.3) is 17.1 Å². The first-order chi connectivity index (χ1) is 13.6. The van der Waals surface area contributed by atoms with Gasteiger partial charge in [0.1, 0.15) is 4.90 Å². The smallest absolute Gasteiger partial charge is 0.237 e. The van der Waals surface area contributed by atoms with E-state index in [0.717, 1.165) is 11.6 Å². The molecule has 2 heterocycles. The molecule has 7 nitrogen and oxygen atoms in total.